The second-order valence-corrected chi connectivity index (χ2v) is 7.38. The van der Waals surface area contributed by atoms with E-state index in [1.165, 1.54) is 17.8 Å². The predicted molar refractivity (Wildman–Crippen MR) is 110 cm³/mol. The minimum Gasteiger partial charge on any atom is -0.494 e. The summed E-state index contributed by atoms with van der Waals surface area (Å²) in [6, 6.07) is 14.2. The van der Waals surface area contributed by atoms with E-state index in [4.69, 9.17) is 9.47 Å². The van der Waals surface area contributed by atoms with Gasteiger partial charge in [0.1, 0.15) is 11.6 Å². The number of para-hydroxylation sites is 1. The smallest absolute Gasteiger partial charge is 0.196 e. The Hall–Kier alpha value is -2.38. The fourth-order valence-electron chi connectivity index (χ4n) is 2.68. The molecule has 0 aliphatic carbocycles. The summed E-state index contributed by atoms with van der Waals surface area (Å²) in [7, 11) is 0. The molecule has 0 spiro atoms. The minimum atomic E-state index is -0.324. The van der Waals surface area contributed by atoms with Crippen LogP contribution in [0.5, 0.6) is 5.75 Å². The molecule has 0 saturated heterocycles. The van der Waals surface area contributed by atoms with E-state index in [1.54, 1.807) is 22.8 Å². The molecular formula is C21H24FN3O2S. The van der Waals surface area contributed by atoms with Gasteiger partial charge >= 0.3 is 0 Å². The van der Waals surface area contributed by atoms with Gasteiger partial charge in [-0.3, -0.25) is 4.57 Å². The van der Waals surface area contributed by atoms with Crippen molar-refractivity contribution in [3.63, 3.8) is 0 Å². The average molecular weight is 402 g/mol. The molecule has 1 aromatic heterocycles. The number of rotatable bonds is 9. The van der Waals surface area contributed by atoms with Crippen molar-refractivity contribution in [2.24, 2.45) is 0 Å². The van der Waals surface area contributed by atoms with Gasteiger partial charge in [-0.25, -0.2) is 4.39 Å². The molecule has 28 heavy (non-hydrogen) atoms. The minimum absolute atomic E-state index is 0.171. The molecule has 2 aromatic carbocycles. The highest BCUT2D eigenvalue weighted by Crippen LogP contribution is 2.30. The summed E-state index contributed by atoms with van der Waals surface area (Å²) >= 11 is 1.49. The highest BCUT2D eigenvalue weighted by molar-refractivity contribution is 7.99. The Morgan fingerprint density at radius 2 is 1.82 bits per heavy atom. The van der Waals surface area contributed by atoms with Gasteiger partial charge in [0.2, 0.25) is 0 Å². The summed E-state index contributed by atoms with van der Waals surface area (Å²) in [5.41, 5.74) is 1.26. The van der Waals surface area contributed by atoms with Crippen LogP contribution in [0.25, 0.3) is 17.1 Å². The molecule has 0 N–H and O–H groups in total. The van der Waals surface area contributed by atoms with Crippen molar-refractivity contribution in [2.45, 2.75) is 32.0 Å². The summed E-state index contributed by atoms with van der Waals surface area (Å²) in [5, 5.41) is 9.27. The van der Waals surface area contributed by atoms with Crippen LogP contribution in [0.2, 0.25) is 0 Å². The Labute approximate surface area is 168 Å². The van der Waals surface area contributed by atoms with E-state index >= 15 is 0 Å². The fraction of sp³-hybridized carbons (Fsp3) is 0.333. The first-order valence-corrected chi connectivity index (χ1v) is 10.3. The lowest BCUT2D eigenvalue weighted by Gasteiger charge is -2.12. The Bertz CT molecular complexity index is 897. The van der Waals surface area contributed by atoms with Gasteiger partial charge in [0.15, 0.2) is 11.0 Å². The molecule has 7 heteroatoms. The van der Waals surface area contributed by atoms with Crippen LogP contribution in [0.4, 0.5) is 4.39 Å². The van der Waals surface area contributed by atoms with Gasteiger partial charge in [0, 0.05) is 11.3 Å². The van der Waals surface area contributed by atoms with Crippen molar-refractivity contribution in [2.75, 3.05) is 19.0 Å². The van der Waals surface area contributed by atoms with Crippen LogP contribution in [0.3, 0.4) is 0 Å². The van der Waals surface area contributed by atoms with Crippen LogP contribution in [-0.2, 0) is 4.74 Å². The maximum absolute atomic E-state index is 14.6. The van der Waals surface area contributed by atoms with E-state index in [-0.39, 0.29) is 11.9 Å². The molecule has 3 rings (SSSR count). The van der Waals surface area contributed by atoms with Gasteiger partial charge < -0.3 is 9.47 Å². The molecule has 0 bridgehead atoms. The van der Waals surface area contributed by atoms with E-state index in [9.17, 15) is 4.39 Å². The number of aromatic nitrogens is 3. The standard InChI is InChI=1S/C21H24FN3O2S/c1-4-26-17-11-9-16(10-12-17)20-23-24-21(28-14-13-27-15(2)3)25(20)19-8-6-5-7-18(19)22/h5-12,15H,4,13-14H2,1-3H3. The van der Waals surface area contributed by atoms with E-state index in [2.05, 4.69) is 10.2 Å². The maximum atomic E-state index is 14.6. The maximum Gasteiger partial charge on any atom is 0.196 e. The van der Waals surface area contributed by atoms with Crippen LogP contribution in [0.1, 0.15) is 20.8 Å². The molecule has 0 saturated carbocycles. The molecule has 0 aliphatic heterocycles. The van der Waals surface area contributed by atoms with Gasteiger partial charge in [-0.05, 0) is 57.2 Å². The van der Waals surface area contributed by atoms with Gasteiger partial charge in [-0.2, -0.15) is 0 Å². The lowest BCUT2D eigenvalue weighted by atomic mass is 10.2. The third-order valence-corrected chi connectivity index (χ3v) is 4.81. The highest BCUT2D eigenvalue weighted by Gasteiger charge is 2.18. The topological polar surface area (TPSA) is 49.2 Å². The quantitative estimate of drug-likeness (QED) is 0.373. The monoisotopic (exact) mass is 401 g/mol. The first-order chi connectivity index (χ1) is 13.6. The van der Waals surface area contributed by atoms with Gasteiger partial charge in [-0.15, -0.1) is 10.2 Å². The molecule has 3 aromatic rings. The normalized spacial score (nSPS) is 11.2. The van der Waals surface area contributed by atoms with Crippen LogP contribution in [0, 0.1) is 5.82 Å². The highest BCUT2D eigenvalue weighted by atomic mass is 32.2. The van der Waals surface area contributed by atoms with Crippen LogP contribution >= 0.6 is 11.8 Å². The second-order valence-electron chi connectivity index (χ2n) is 6.32. The molecule has 0 unspecified atom stereocenters. The lowest BCUT2D eigenvalue weighted by molar-refractivity contribution is 0.0920. The lowest BCUT2D eigenvalue weighted by Crippen LogP contribution is -2.07. The zero-order chi connectivity index (χ0) is 19.9. The molecule has 0 atom stereocenters. The zero-order valence-corrected chi connectivity index (χ0v) is 17.1. The number of nitrogens with zero attached hydrogens (tertiary/aromatic N) is 3. The Morgan fingerprint density at radius 3 is 2.50 bits per heavy atom. The van der Waals surface area contributed by atoms with Crippen molar-refractivity contribution in [1.82, 2.24) is 14.8 Å². The van der Waals surface area contributed by atoms with E-state index in [0.717, 1.165) is 11.3 Å². The van der Waals surface area contributed by atoms with Crippen molar-refractivity contribution in [3.05, 3.63) is 54.3 Å². The fourth-order valence-corrected chi connectivity index (χ4v) is 3.46. The SMILES string of the molecule is CCOc1ccc(-c2nnc(SCCOC(C)C)n2-c2ccccc2F)cc1. The largest absolute Gasteiger partial charge is 0.494 e. The summed E-state index contributed by atoms with van der Waals surface area (Å²) in [4.78, 5) is 0. The summed E-state index contributed by atoms with van der Waals surface area (Å²) in [6.45, 7) is 7.12. The number of halogens is 1. The molecule has 148 valence electrons. The third kappa shape index (κ3) is 4.91. The number of hydrogen-bond donors (Lipinski definition) is 0. The summed E-state index contributed by atoms with van der Waals surface area (Å²) in [5.74, 6) is 1.74. The third-order valence-electron chi connectivity index (χ3n) is 3.92. The number of thioether (sulfide) groups is 1. The zero-order valence-electron chi connectivity index (χ0n) is 16.3. The van der Waals surface area contributed by atoms with Gasteiger partial charge in [0.25, 0.3) is 0 Å². The number of hydrogen-bond acceptors (Lipinski definition) is 5. The second kappa shape index (κ2) is 9.71. The van der Waals surface area contributed by atoms with Crippen molar-refractivity contribution >= 4 is 11.8 Å². The van der Waals surface area contributed by atoms with Crippen molar-refractivity contribution < 1.29 is 13.9 Å². The molecule has 0 fully saturated rings. The number of benzene rings is 2. The average Bonchev–Trinajstić information content (AvgIpc) is 3.10. The van der Waals surface area contributed by atoms with Crippen LogP contribution in [0.15, 0.2) is 53.7 Å². The van der Waals surface area contributed by atoms with Crippen molar-refractivity contribution in [3.8, 4) is 22.8 Å². The molecule has 1 heterocycles. The van der Waals surface area contributed by atoms with Gasteiger partial charge in [0.05, 0.1) is 25.0 Å². The molecule has 0 amide bonds. The number of ether oxygens (including phenoxy) is 2. The molecular weight excluding hydrogens is 377 g/mol. The first kappa shape index (κ1) is 20.4. The Balaban J connectivity index is 1.94. The molecule has 5 nitrogen and oxygen atoms in total. The molecule has 0 radical (unpaired) electrons. The first-order valence-electron chi connectivity index (χ1n) is 9.28. The van der Waals surface area contributed by atoms with E-state index < -0.39 is 0 Å². The summed E-state index contributed by atoms with van der Waals surface area (Å²) < 4.78 is 27.4. The van der Waals surface area contributed by atoms with Crippen molar-refractivity contribution in [1.29, 1.82) is 0 Å². The molecule has 0 aliphatic rings. The van der Waals surface area contributed by atoms with E-state index in [1.807, 2.05) is 45.0 Å². The van der Waals surface area contributed by atoms with Crippen LogP contribution in [-0.4, -0.2) is 39.8 Å². The Morgan fingerprint density at radius 1 is 1.07 bits per heavy atom. The van der Waals surface area contributed by atoms with Crippen LogP contribution < -0.4 is 4.74 Å². The van der Waals surface area contributed by atoms with E-state index in [0.29, 0.717) is 35.6 Å². The van der Waals surface area contributed by atoms with Gasteiger partial charge in [-0.1, -0.05) is 23.9 Å². The summed E-state index contributed by atoms with van der Waals surface area (Å²) in [6.07, 6.45) is 0.171. The predicted octanol–water partition coefficient (Wildman–Crippen LogP) is 4.99. The Kier molecular flexibility index (Phi) is 7.06.